The minimum atomic E-state index is -1.05. The molecule has 1 aliphatic heterocycles. The second kappa shape index (κ2) is 7.55. The number of nitrogens with zero attached hydrogens (tertiary/aromatic N) is 2. The Balaban J connectivity index is 1.64. The van der Waals surface area contributed by atoms with Gasteiger partial charge in [0.25, 0.3) is 5.91 Å². The van der Waals surface area contributed by atoms with E-state index in [0.29, 0.717) is 16.3 Å². The smallest absolute Gasteiger partial charge is 0.256 e. The zero-order valence-electron chi connectivity index (χ0n) is 13.4. The van der Waals surface area contributed by atoms with Crippen LogP contribution in [-0.4, -0.2) is 47.7 Å². The molecule has 1 aromatic heterocycles. The lowest BCUT2D eigenvalue weighted by Crippen LogP contribution is -2.36. The molecule has 3 rings (SSSR count). The Morgan fingerprint density at radius 2 is 1.88 bits per heavy atom. The van der Waals surface area contributed by atoms with E-state index in [1.165, 1.54) is 0 Å². The molecule has 1 fully saturated rings. The van der Waals surface area contributed by atoms with E-state index in [9.17, 15) is 9.00 Å². The Morgan fingerprint density at radius 1 is 1.17 bits per heavy atom. The quantitative estimate of drug-likeness (QED) is 0.916. The van der Waals surface area contributed by atoms with Crippen LogP contribution in [0.4, 0.5) is 11.5 Å². The number of rotatable bonds is 4. The highest BCUT2D eigenvalue weighted by Gasteiger charge is 2.12. The third-order valence-electron chi connectivity index (χ3n) is 3.81. The summed E-state index contributed by atoms with van der Waals surface area (Å²) in [6.07, 6.45) is 3.36. The van der Waals surface area contributed by atoms with Gasteiger partial charge < -0.3 is 15.0 Å². The van der Waals surface area contributed by atoms with Crippen LogP contribution in [0, 0.1) is 0 Å². The van der Waals surface area contributed by atoms with Crippen LogP contribution in [0.15, 0.2) is 47.5 Å². The summed E-state index contributed by atoms with van der Waals surface area (Å²) < 4.78 is 16.7. The molecule has 1 saturated heterocycles. The Morgan fingerprint density at radius 3 is 2.46 bits per heavy atom. The zero-order valence-corrected chi connectivity index (χ0v) is 14.2. The molecule has 0 aliphatic carbocycles. The maximum absolute atomic E-state index is 12.2. The van der Waals surface area contributed by atoms with Crippen molar-refractivity contribution in [2.45, 2.75) is 4.90 Å². The number of aromatic nitrogens is 1. The van der Waals surface area contributed by atoms with Crippen molar-refractivity contribution >= 4 is 28.2 Å². The molecule has 1 atom stereocenters. The average molecular weight is 345 g/mol. The van der Waals surface area contributed by atoms with Crippen LogP contribution in [0.2, 0.25) is 0 Å². The number of benzene rings is 1. The molecule has 126 valence electrons. The van der Waals surface area contributed by atoms with Gasteiger partial charge in [-0.05, 0) is 36.4 Å². The highest BCUT2D eigenvalue weighted by atomic mass is 32.2. The molecular formula is C17H19N3O3S. The normalized spacial score (nSPS) is 15.8. The van der Waals surface area contributed by atoms with Gasteiger partial charge in [0.1, 0.15) is 5.82 Å². The van der Waals surface area contributed by atoms with E-state index in [2.05, 4.69) is 15.2 Å². The first-order valence-electron chi connectivity index (χ1n) is 7.67. The fourth-order valence-electron chi connectivity index (χ4n) is 2.46. The van der Waals surface area contributed by atoms with E-state index in [4.69, 9.17) is 4.74 Å². The number of carbonyl (C=O) groups excluding carboxylic acids is 1. The number of hydrogen-bond acceptors (Lipinski definition) is 5. The van der Waals surface area contributed by atoms with Crippen LogP contribution in [0.25, 0.3) is 0 Å². The van der Waals surface area contributed by atoms with Crippen molar-refractivity contribution in [2.75, 3.05) is 42.8 Å². The number of pyridine rings is 1. The molecular weight excluding hydrogens is 326 g/mol. The van der Waals surface area contributed by atoms with Crippen molar-refractivity contribution in [1.29, 1.82) is 0 Å². The monoisotopic (exact) mass is 345 g/mol. The molecule has 0 bridgehead atoms. The predicted molar refractivity (Wildman–Crippen MR) is 94.0 cm³/mol. The van der Waals surface area contributed by atoms with Crippen LogP contribution in [0.1, 0.15) is 10.4 Å². The molecule has 7 heteroatoms. The van der Waals surface area contributed by atoms with Gasteiger partial charge in [-0.25, -0.2) is 4.98 Å². The van der Waals surface area contributed by atoms with Crippen molar-refractivity contribution < 1.29 is 13.7 Å². The molecule has 1 amide bonds. The Bertz CT molecular complexity index is 726. The summed E-state index contributed by atoms with van der Waals surface area (Å²) in [7, 11) is -1.05. The van der Waals surface area contributed by atoms with E-state index < -0.39 is 10.8 Å². The van der Waals surface area contributed by atoms with Crippen molar-refractivity contribution in [3.8, 4) is 0 Å². The van der Waals surface area contributed by atoms with E-state index >= 15 is 0 Å². The first-order valence-corrected chi connectivity index (χ1v) is 9.23. The SMILES string of the molecule is CS(=O)c1ccc(C(=O)Nc2ccc(N3CCOCC3)cn2)cc1. The lowest BCUT2D eigenvalue weighted by molar-refractivity contribution is 0.102. The van der Waals surface area contributed by atoms with Gasteiger partial charge in [0, 0.05) is 40.6 Å². The number of amides is 1. The van der Waals surface area contributed by atoms with Crippen LogP contribution in [0.3, 0.4) is 0 Å². The number of carbonyl (C=O) groups is 1. The number of anilines is 2. The number of nitrogens with one attached hydrogen (secondary N) is 1. The van der Waals surface area contributed by atoms with Gasteiger partial charge in [-0.1, -0.05) is 0 Å². The molecule has 1 unspecified atom stereocenters. The highest BCUT2D eigenvalue weighted by molar-refractivity contribution is 7.84. The third-order valence-corrected chi connectivity index (χ3v) is 4.75. The molecule has 2 aromatic rings. The van der Waals surface area contributed by atoms with Gasteiger partial charge in [0.2, 0.25) is 0 Å². The van der Waals surface area contributed by atoms with Gasteiger partial charge in [0.05, 0.1) is 25.1 Å². The molecule has 1 N–H and O–H groups in total. The first kappa shape index (κ1) is 16.6. The standard InChI is InChI=1S/C17H19N3O3S/c1-24(22)15-5-2-13(3-6-15)17(21)19-16-7-4-14(12-18-16)20-8-10-23-11-9-20/h2-7,12H,8-11H2,1H3,(H,18,19,21). The lowest BCUT2D eigenvalue weighted by Gasteiger charge is -2.28. The van der Waals surface area contributed by atoms with E-state index in [0.717, 1.165) is 32.0 Å². The van der Waals surface area contributed by atoms with Gasteiger partial charge in [0.15, 0.2) is 0 Å². The fraction of sp³-hybridized carbons (Fsp3) is 0.294. The van der Waals surface area contributed by atoms with E-state index in [1.807, 2.05) is 6.07 Å². The molecule has 0 radical (unpaired) electrons. The minimum Gasteiger partial charge on any atom is -0.378 e. The highest BCUT2D eigenvalue weighted by Crippen LogP contribution is 2.17. The van der Waals surface area contributed by atoms with E-state index in [-0.39, 0.29) is 5.91 Å². The van der Waals surface area contributed by atoms with Crippen LogP contribution in [0.5, 0.6) is 0 Å². The average Bonchev–Trinajstić information content (AvgIpc) is 2.63. The molecule has 1 aliphatic rings. The molecule has 1 aromatic carbocycles. The first-order chi connectivity index (χ1) is 11.6. The third kappa shape index (κ3) is 3.98. The van der Waals surface area contributed by atoms with Crippen molar-refractivity contribution in [3.63, 3.8) is 0 Å². The zero-order chi connectivity index (χ0) is 16.9. The van der Waals surface area contributed by atoms with Crippen molar-refractivity contribution in [3.05, 3.63) is 48.2 Å². The maximum atomic E-state index is 12.2. The van der Waals surface area contributed by atoms with Gasteiger partial charge in [-0.2, -0.15) is 0 Å². The van der Waals surface area contributed by atoms with Gasteiger partial charge in [-0.3, -0.25) is 9.00 Å². The Hall–Kier alpha value is -2.25. The lowest BCUT2D eigenvalue weighted by atomic mass is 10.2. The van der Waals surface area contributed by atoms with Gasteiger partial charge in [-0.15, -0.1) is 0 Å². The van der Waals surface area contributed by atoms with Gasteiger partial charge >= 0.3 is 0 Å². The summed E-state index contributed by atoms with van der Waals surface area (Å²) in [6, 6.07) is 10.4. The summed E-state index contributed by atoms with van der Waals surface area (Å²) in [5, 5.41) is 2.77. The minimum absolute atomic E-state index is 0.241. The largest absolute Gasteiger partial charge is 0.378 e. The van der Waals surface area contributed by atoms with E-state index in [1.54, 1.807) is 42.8 Å². The summed E-state index contributed by atoms with van der Waals surface area (Å²) >= 11 is 0. The van der Waals surface area contributed by atoms with Crippen molar-refractivity contribution in [1.82, 2.24) is 4.98 Å². The topological polar surface area (TPSA) is 71.5 Å². The molecule has 2 heterocycles. The molecule has 0 spiro atoms. The van der Waals surface area contributed by atoms with Crippen LogP contribution in [-0.2, 0) is 15.5 Å². The summed E-state index contributed by atoms with van der Waals surface area (Å²) in [5.41, 5.74) is 1.52. The fourth-order valence-corrected chi connectivity index (χ4v) is 2.97. The second-order valence-electron chi connectivity index (χ2n) is 5.43. The molecule has 24 heavy (non-hydrogen) atoms. The Kier molecular flexibility index (Phi) is 5.22. The second-order valence-corrected chi connectivity index (χ2v) is 6.81. The summed E-state index contributed by atoms with van der Waals surface area (Å²) in [6.45, 7) is 3.13. The maximum Gasteiger partial charge on any atom is 0.256 e. The number of morpholine rings is 1. The number of ether oxygens (including phenoxy) is 1. The van der Waals surface area contributed by atoms with Crippen molar-refractivity contribution in [2.24, 2.45) is 0 Å². The Labute approximate surface area is 143 Å². The summed E-state index contributed by atoms with van der Waals surface area (Å²) in [4.78, 5) is 19.4. The van der Waals surface area contributed by atoms with Crippen LogP contribution < -0.4 is 10.2 Å². The summed E-state index contributed by atoms with van der Waals surface area (Å²) in [5.74, 6) is 0.259. The predicted octanol–water partition coefficient (Wildman–Crippen LogP) is 1.91. The number of hydrogen-bond donors (Lipinski definition) is 1. The van der Waals surface area contributed by atoms with Crippen LogP contribution >= 0.6 is 0 Å². The molecule has 6 nitrogen and oxygen atoms in total. The molecule has 0 saturated carbocycles.